The first-order valence-corrected chi connectivity index (χ1v) is 7.25. The van der Waals surface area contributed by atoms with Gasteiger partial charge in [-0.3, -0.25) is 0 Å². The van der Waals surface area contributed by atoms with Gasteiger partial charge < -0.3 is 9.64 Å². The Morgan fingerprint density at radius 3 is 2.84 bits per heavy atom. The largest absolute Gasteiger partial charge is 0.444 e. The molecule has 2 heterocycles. The molecule has 0 saturated carbocycles. The summed E-state index contributed by atoms with van der Waals surface area (Å²) in [5.41, 5.74) is 0.587. The molecule has 1 fully saturated rings. The van der Waals surface area contributed by atoms with Crippen molar-refractivity contribution in [1.82, 2.24) is 9.88 Å². The van der Waals surface area contributed by atoms with Gasteiger partial charge in [0, 0.05) is 24.7 Å². The van der Waals surface area contributed by atoms with E-state index in [2.05, 4.69) is 20.9 Å². The Morgan fingerprint density at radius 1 is 1.47 bits per heavy atom. The van der Waals surface area contributed by atoms with E-state index in [1.54, 1.807) is 4.90 Å². The topological polar surface area (TPSA) is 42.4 Å². The van der Waals surface area contributed by atoms with E-state index in [0.717, 1.165) is 23.3 Å². The number of likely N-dealkylation sites (tertiary alicyclic amines) is 1. The normalized spacial score (nSPS) is 19.6. The molecule has 0 aliphatic carbocycles. The molecule has 0 spiro atoms. The summed E-state index contributed by atoms with van der Waals surface area (Å²) in [5.74, 6) is 0.296. The van der Waals surface area contributed by atoms with Gasteiger partial charge in [-0.05, 0) is 55.3 Å². The number of pyridine rings is 1. The highest BCUT2D eigenvalue weighted by Crippen LogP contribution is 2.27. The third kappa shape index (κ3) is 3.93. The second-order valence-electron chi connectivity index (χ2n) is 5.80. The van der Waals surface area contributed by atoms with Gasteiger partial charge in [-0.15, -0.1) is 0 Å². The Bertz CT molecular complexity index is 471. The molecule has 0 N–H and O–H groups in total. The molecule has 1 atom stereocenters. The smallest absolute Gasteiger partial charge is 0.410 e. The number of carbonyl (C=O) groups excluding carboxylic acids is 1. The number of nitrogens with zero attached hydrogens (tertiary/aromatic N) is 2. The zero-order chi connectivity index (χ0) is 14.0. The highest BCUT2D eigenvalue weighted by atomic mass is 79.9. The van der Waals surface area contributed by atoms with Crippen LogP contribution < -0.4 is 0 Å². The van der Waals surface area contributed by atoms with Gasteiger partial charge in [-0.1, -0.05) is 6.07 Å². The third-order valence-corrected chi connectivity index (χ3v) is 3.44. The zero-order valence-electron chi connectivity index (χ0n) is 11.5. The fourth-order valence-electron chi connectivity index (χ4n) is 2.15. The van der Waals surface area contributed by atoms with Gasteiger partial charge in [-0.2, -0.15) is 0 Å². The van der Waals surface area contributed by atoms with E-state index in [9.17, 15) is 4.79 Å². The lowest BCUT2D eigenvalue weighted by atomic mass is 10.0. The summed E-state index contributed by atoms with van der Waals surface area (Å²) < 4.78 is 6.22. The molecule has 0 unspecified atom stereocenters. The van der Waals surface area contributed by atoms with Crippen molar-refractivity contribution in [2.45, 2.75) is 38.7 Å². The molecule has 1 aliphatic rings. The first-order chi connectivity index (χ1) is 8.85. The molecule has 2 rings (SSSR count). The minimum absolute atomic E-state index is 0.231. The number of halogens is 1. The summed E-state index contributed by atoms with van der Waals surface area (Å²) in [7, 11) is 0. The zero-order valence-corrected chi connectivity index (χ0v) is 13.1. The summed E-state index contributed by atoms with van der Waals surface area (Å²) >= 11 is 3.38. The van der Waals surface area contributed by atoms with Gasteiger partial charge >= 0.3 is 6.09 Å². The SMILES string of the molecule is CC(C)(C)OC(=O)N1CC[C@@H](c2cccc(Br)n2)C1. The summed E-state index contributed by atoms with van der Waals surface area (Å²) in [6.45, 7) is 7.06. The molecule has 1 aromatic heterocycles. The average molecular weight is 327 g/mol. The lowest BCUT2D eigenvalue weighted by Gasteiger charge is -2.24. The van der Waals surface area contributed by atoms with E-state index < -0.39 is 5.60 Å². The van der Waals surface area contributed by atoms with Gasteiger partial charge in [-0.25, -0.2) is 9.78 Å². The second kappa shape index (κ2) is 5.49. The highest BCUT2D eigenvalue weighted by molar-refractivity contribution is 9.10. The first kappa shape index (κ1) is 14.3. The van der Waals surface area contributed by atoms with E-state index in [-0.39, 0.29) is 6.09 Å². The highest BCUT2D eigenvalue weighted by Gasteiger charge is 2.31. The molecule has 5 heteroatoms. The van der Waals surface area contributed by atoms with Crippen LogP contribution in [0.5, 0.6) is 0 Å². The molecule has 0 bridgehead atoms. The van der Waals surface area contributed by atoms with Gasteiger partial charge in [0.05, 0.1) is 0 Å². The average Bonchev–Trinajstić information content (AvgIpc) is 2.75. The van der Waals surface area contributed by atoms with E-state index >= 15 is 0 Å². The van der Waals surface area contributed by atoms with Crippen molar-refractivity contribution in [2.24, 2.45) is 0 Å². The number of aromatic nitrogens is 1. The van der Waals surface area contributed by atoms with Crippen LogP contribution in [0.25, 0.3) is 0 Å². The minimum atomic E-state index is -0.441. The maximum atomic E-state index is 12.0. The predicted octanol–water partition coefficient (Wildman–Crippen LogP) is 3.57. The molecule has 4 nitrogen and oxygen atoms in total. The van der Waals surface area contributed by atoms with Crippen molar-refractivity contribution < 1.29 is 9.53 Å². The van der Waals surface area contributed by atoms with Crippen molar-refractivity contribution in [3.05, 3.63) is 28.5 Å². The number of hydrogen-bond acceptors (Lipinski definition) is 3. The minimum Gasteiger partial charge on any atom is -0.444 e. The quantitative estimate of drug-likeness (QED) is 0.741. The fourth-order valence-corrected chi connectivity index (χ4v) is 2.50. The lowest BCUT2D eigenvalue weighted by Crippen LogP contribution is -2.35. The van der Waals surface area contributed by atoms with Crippen molar-refractivity contribution >= 4 is 22.0 Å². The number of rotatable bonds is 1. The third-order valence-electron chi connectivity index (χ3n) is 2.99. The second-order valence-corrected chi connectivity index (χ2v) is 6.61. The standard InChI is InChI=1S/C14H19BrN2O2/c1-14(2,3)19-13(18)17-8-7-10(9-17)11-5-4-6-12(15)16-11/h4-6,10H,7-9H2,1-3H3/t10-/m1/s1. The van der Waals surface area contributed by atoms with Crippen molar-refractivity contribution in [2.75, 3.05) is 13.1 Å². The van der Waals surface area contributed by atoms with Gasteiger partial charge in [0.2, 0.25) is 0 Å². The molecular formula is C14H19BrN2O2. The number of ether oxygens (including phenoxy) is 1. The molecule has 1 aromatic rings. The van der Waals surface area contributed by atoms with Gasteiger partial charge in [0.25, 0.3) is 0 Å². The van der Waals surface area contributed by atoms with Crippen LogP contribution in [-0.2, 0) is 4.74 Å². The van der Waals surface area contributed by atoms with Crippen LogP contribution >= 0.6 is 15.9 Å². The van der Waals surface area contributed by atoms with E-state index in [1.807, 2.05) is 39.0 Å². The Hall–Kier alpha value is -1.10. The summed E-state index contributed by atoms with van der Waals surface area (Å²) in [5, 5.41) is 0. The molecule has 0 radical (unpaired) electrons. The fraction of sp³-hybridized carbons (Fsp3) is 0.571. The van der Waals surface area contributed by atoms with Crippen LogP contribution in [0.3, 0.4) is 0 Å². The van der Waals surface area contributed by atoms with Gasteiger partial charge in [0.15, 0.2) is 0 Å². The lowest BCUT2D eigenvalue weighted by molar-refractivity contribution is 0.0292. The van der Waals surface area contributed by atoms with Crippen LogP contribution in [0.4, 0.5) is 4.79 Å². The Kier molecular flexibility index (Phi) is 4.13. The number of amides is 1. The maximum Gasteiger partial charge on any atom is 0.410 e. The molecule has 0 aromatic carbocycles. The summed E-state index contributed by atoms with van der Waals surface area (Å²) in [4.78, 5) is 18.2. The van der Waals surface area contributed by atoms with Crippen LogP contribution in [0.15, 0.2) is 22.8 Å². The summed E-state index contributed by atoms with van der Waals surface area (Å²) in [6.07, 6.45) is 0.702. The summed E-state index contributed by atoms with van der Waals surface area (Å²) in [6, 6.07) is 5.89. The molecular weight excluding hydrogens is 308 g/mol. The van der Waals surface area contributed by atoms with Crippen molar-refractivity contribution in [3.63, 3.8) is 0 Å². The maximum absolute atomic E-state index is 12.0. The van der Waals surface area contributed by atoms with E-state index in [1.165, 1.54) is 0 Å². The molecule has 1 amide bonds. The number of hydrogen-bond donors (Lipinski definition) is 0. The van der Waals surface area contributed by atoms with Crippen LogP contribution in [0.1, 0.15) is 38.8 Å². The van der Waals surface area contributed by atoms with E-state index in [0.29, 0.717) is 12.5 Å². The first-order valence-electron chi connectivity index (χ1n) is 6.45. The predicted molar refractivity (Wildman–Crippen MR) is 77.1 cm³/mol. The van der Waals surface area contributed by atoms with Crippen molar-refractivity contribution in [3.8, 4) is 0 Å². The molecule has 104 valence electrons. The monoisotopic (exact) mass is 326 g/mol. The molecule has 1 aliphatic heterocycles. The van der Waals surface area contributed by atoms with Gasteiger partial charge in [0.1, 0.15) is 10.2 Å². The Morgan fingerprint density at radius 2 is 2.21 bits per heavy atom. The molecule has 19 heavy (non-hydrogen) atoms. The van der Waals surface area contributed by atoms with E-state index in [4.69, 9.17) is 4.74 Å². The number of carbonyl (C=O) groups is 1. The Balaban J connectivity index is 1.98. The van der Waals surface area contributed by atoms with Crippen molar-refractivity contribution in [1.29, 1.82) is 0 Å². The van der Waals surface area contributed by atoms with Crippen LogP contribution in [-0.4, -0.2) is 34.7 Å². The molecule has 1 saturated heterocycles. The van der Waals surface area contributed by atoms with Crippen LogP contribution in [0, 0.1) is 0 Å². The van der Waals surface area contributed by atoms with Crippen LogP contribution in [0.2, 0.25) is 0 Å². The Labute approximate surface area is 122 Å².